The van der Waals surface area contributed by atoms with Gasteiger partial charge in [0.1, 0.15) is 0 Å². The summed E-state index contributed by atoms with van der Waals surface area (Å²) < 4.78 is 13.7. The highest BCUT2D eigenvalue weighted by Gasteiger charge is 2.11. The van der Waals surface area contributed by atoms with Crippen LogP contribution >= 0.6 is 0 Å². The zero-order chi connectivity index (χ0) is 14.5. The number of hydrogen-bond acceptors (Lipinski definition) is 4. The number of nitro benzene ring substituents is 1. The molecule has 0 bridgehead atoms. The first-order valence-electron chi connectivity index (χ1n) is 6.06. The van der Waals surface area contributed by atoms with Crippen LogP contribution < -0.4 is 11.1 Å². The maximum Gasteiger partial charge on any atom is 0.272 e. The van der Waals surface area contributed by atoms with Crippen molar-refractivity contribution >= 4 is 11.4 Å². The molecule has 2 rings (SSSR count). The van der Waals surface area contributed by atoms with Crippen molar-refractivity contribution in [2.24, 2.45) is 5.73 Å². The normalized spacial score (nSPS) is 11.9. The Bertz CT molecular complexity index is 605. The quantitative estimate of drug-likeness (QED) is 0.649. The summed E-state index contributed by atoms with van der Waals surface area (Å²) in [5.41, 5.74) is 6.83. The van der Waals surface area contributed by atoms with E-state index in [1.165, 1.54) is 12.1 Å². The number of nitrogens with zero attached hydrogens (tertiary/aromatic N) is 1. The van der Waals surface area contributed by atoms with Crippen molar-refractivity contribution in [3.8, 4) is 0 Å². The first kappa shape index (κ1) is 14.0. The van der Waals surface area contributed by atoms with Crippen LogP contribution in [0, 0.1) is 15.9 Å². The van der Waals surface area contributed by atoms with Crippen LogP contribution in [0.2, 0.25) is 0 Å². The van der Waals surface area contributed by atoms with E-state index in [-0.39, 0.29) is 17.4 Å². The van der Waals surface area contributed by atoms with E-state index >= 15 is 0 Å². The summed E-state index contributed by atoms with van der Waals surface area (Å²) in [5.74, 6) is -0.667. The maximum atomic E-state index is 13.7. The lowest BCUT2D eigenvalue weighted by atomic mass is 10.1. The van der Waals surface area contributed by atoms with Crippen LogP contribution in [0.3, 0.4) is 0 Å². The van der Waals surface area contributed by atoms with Crippen molar-refractivity contribution in [1.29, 1.82) is 0 Å². The Kier molecular flexibility index (Phi) is 4.27. The van der Waals surface area contributed by atoms with E-state index in [1.54, 1.807) is 0 Å². The molecule has 2 aromatic rings. The molecule has 1 atom stereocenters. The van der Waals surface area contributed by atoms with Gasteiger partial charge in [0.2, 0.25) is 0 Å². The molecule has 0 fully saturated rings. The minimum atomic E-state index is -0.667. The minimum absolute atomic E-state index is 0.196. The summed E-state index contributed by atoms with van der Waals surface area (Å²) in [5, 5.41) is 13.4. The van der Waals surface area contributed by atoms with Crippen LogP contribution in [0.15, 0.2) is 48.5 Å². The van der Waals surface area contributed by atoms with Crippen LogP contribution in [0.25, 0.3) is 0 Å². The summed E-state index contributed by atoms with van der Waals surface area (Å²) >= 11 is 0. The molecule has 1 unspecified atom stereocenters. The van der Waals surface area contributed by atoms with Crippen molar-refractivity contribution in [2.45, 2.75) is 6.04 Å². The van der Waals surface area contributed by atoms with Gasteiger partial charge >= 0.3 is 0 Å². The molecule has 0 saturated heterocycles. The Morgan fingerprint density at radius 3 is 2.55 bits per heavy atom. The second-order valence-electron chi connectivity index (χ2n) is 4.32. The molecule has 0 spiro atoms. The van der Waals surface area contributed by atoms with Crippen LogP contribution in [0.1, 0.15) is 11.6 Å². The van der Waals surface area contributed by atoms with Gasteiger partial charge in [0, 0.05) is 18.7 Å². The summed E-state index contributed by atoms with van der Waals surface area (Å²) in [6, 6.07) is 12.6. The zero-order valence-electron chi connectivity index (χ0n) is 10.6. The molecule has 6 heteroatoms. The van der Waals surface area contributed by atoms with Crippen LogP contribution in [0.5, 0.6) is 0 Å². The first-order valence-corrected chi connectivity index (χ1v) is 6.06. The molecule has 0 aliphatic carbocycles. The van der Waals surface area contributed by atoms with E-state index in [2.05, 4.69) is 5.32 Å². The van der Waals surface area contributed by atoms with Gasteiger partial charge in [-0.05, 0) is 11.6 Å². The number of hydrogen-bond donors (Lipinski definition) is 2. The Morgan fingerprint density at radius 1 is 1.25 bits per heavy atom. The number of non-ortho nitro benzene ring substituents is 1. The summed E-state index contributed by atoms with van der Waals surface area (Å²) in [6.07, 6.45) is 0. The van der Waals surface area contributed by atoms with E-state index in [0.29, 0.717) is 6.54 Å². The van der Waals surface area contributed by atoms with Gasteiger partial charge in [-0.3, -0.25) is 10.1 Å². The average Bonchev–Trinajstić information content (AvgIpc) is 2.46. The monoisotopic (exact) mass is 275 g/mol. The van der Waals surface area contributed by atoms with Gasteiger partial charge in [-0.15, -0.1) is 0 Å². The fourth-order valence-corrected chi connectivity index (χ4v) is 1.80. The molecule has 20 heavy (non-hydrogen) atoms. The number of halogens is 1. The lowest BCUT2D eigenvalue weighted by Crippen LogP contribution is -2.20. The number of rotatable bonds is 5. The Balaban J connectivity index is 2.02. The highest BCUT2D eigenvalue weighted by molar-refractivity contribution is 5.50. The molecule has 0 aliphatic heterocycles. The predicted molar refractivity (Wildman–Crippen MR) is 74.9 cm³/mol. The smallest absolute Gasteiger partial charge is 0.272 e. The van der Waals surface area contributed by atoms with Gasteiger partial charge in [0.05, 0.1) is 16.7 Å². The molecule has 0 radical (unpaired) electrons. The van der Waals surface area contributed by atoms with Crippen molar-refractivity contribution in [3.63, 3.8) is 0 Å². The average molecular weight is 275 g/mol. The molecule has 0 amide bonds. The van der Waals surface area contributed by atoms with Gasteiger partial charge in [0.15, 0.2) is 5.82 Å². The van der Waals surface area contributed by atoms with Crippen molar-refractivity contribution in [1.82, 2.24) is 0 Å². The van der Waals surface area contributed by atoms with Gasteiger partial charge < -0.3 is 11.1 Å². The summed E-state index contributed by atoms with van der Waals surface area (Å²) in [4.78, 5) is 9.88. The molecule has 0 aliphatic rings. The Labute approximate surface area is 115 Å². The molecular weight excluding hydrogens is 261 g/mol. The van der Waals surface area contributed by atoms with Crippen molar-refractivity contribution in [2.75, 3.05) is 11.9 Å². The van der Waals surface area contributed by atoms with E-state index in [0.717, 1.165) is 11.6 Å². The molecule has 3 N–H and O–H groups in total. The van der Waals surface area contributed by atoms with Gasteiger partial charge in [-0.2, -0.15) is 0 Å². The molecular formula is C14H14FN3O2. The largest absolute Gasteiger partial charge is 0.381 e. The number of nitrogens with one attached hydrogen (secondary N) is 1. The van der Waals surface area contributed by atoms with Crippen molar-refractivity contribution < 1.29 is 9.31 Å². The SMILES string of the molecule is NC(CNc1ccc([N+](=O)[O-])cc1F)c1ccccc1. The molecule has 5 nitrogen and oxygen atoms in total. The van der Waals surface area contributed by atoms with E-state index in [9.17, 15) is 14.5 Å². The van der Waals surface area contributed by atoms with Crippen LogP contribution in [-0.4, -0.2) is 11.5 Å². The molecule has 2 aromatic carbocycles. The lowest BCUT2D eigenvalue weighted by molar-refractivity contribution is -0.385. The Hall–Kier alpha value is -2.47. The fraction of sp³-hybridized carbons (Fsp3) is 0.143. The number of nitrogens with two attached hydrogens (primary N) is 1. The third-order valence-corrected chi connectivity index (χ3v) is 2.90. The topological polar surface area (TPSA) is 81.2 Å². The van der Waals surface area contributed by atoms with Gasteiger partial charge in [0.25, 0.3) is 5.69 Å². The van der Waals surface area contributed by atoms with Crippen LogP contribution in [-0.2, 0) is 0 Å². The van der Waals surface area contributed by atoms with E-state index < -0.39 is 10.7 Å². The maximum absolute atomic E-state index is 13.7. The summed E-state index contributed by atoms with van der Waals surface area (Å²) in [6.45, 7) is 0.332. The second kappa shape index (κ2) is 6.12. The predicted octanol–water partition coefficient (Wildman–Crippen LogP) is 2.85. The molecule has 0 aromatic heterocycles. The standard InChI is InChI=1S/C14H14FN3O2/c15-12-8-11(18(19)20)6-7-14(12)17-9-13(16)10-4-2-1-3-5-10/h1-8,13,17H,9,16H2. The summed E-state index contributed by atoms with van der Waals surface area (Å²) in [7, 11) is 0. The second-order valence-corrected chi connectivity index (χ2v) is 4.32. The molecule has 0 heterocycles. The third-order valence-electron chi connectivity index (χ3n) is 2.90. The highest BCUT2D eigenvalue weighted by Crippen LogP contribution is 2.21. The van der Waals surface area contributed by atoms with E-state index in [1.807, 2.05) is 30.3 Å². The molecule has 0 saturated carbocycles. The number of anilines is 1. The van der Waals surface area contributed by atoms with Crippen LogP contribution in [0.4, 0.5) is 15.8 Å². The molecule has 104 valence electrons. The zero-order valence-corrected chi connectivity index (χ0v) is 10.6. The van der Waals surface area contributed by atoms with Crippen molar-refractivity contribution in [3.05, 3.63) is 70.0 Å². The van der Waals surface area contributed by atoms with E-state index in [4.69, 9.17) is 5.73 Å². The van der Waals surface area contributed by atoms with Gasteiger partial charge in [-0.25, -0.2) is 4.39 Å². The number of benzene rings is 2. The number of nitro groups is 1. The highest BCUT2D eigenvalue weighted by atomic mass is 19.1. The lowest BCUT2D eigenvalue weighted by Gasteiger charge is -2.14. The van der Waals surface area contributed by atoms with Gasteiger partial charge in [-0.1, -0.05) is 30.3 Å². The minimum Gasteiger partial charge on any atom is -0.381 e. The Morgan fingerprint density at radius 2 is 1.95 bits per heavy atom. The first-order chi connectivity index (χ1) is 9.58. The fourth-order valence-electron chi connectivity index (χ4n) is 1.80. The third kappa shape index (κ3) is 3.30.